The van der Waals surface area contributed by atoms with E-state index in [0.29, 0.717) is 0 Å². The third kappa shape index (κ3) is 2.03. The third-order valence-corrected chi connectivity index (χ3v) is 1.94. The molecule has 1 atom stereocenters. The van der Waals surface area contributed by atoms with Crippen LogP contribution in [0.3, 0.4) is 0 Å². The summed E-state index contributed by atoms with van der Waals surface area (Å²) in [5.41, 5.74) is 5.32. The number of hydrogen-bond acceptors (Lipinski definition) is 5. The summed E-state index contributed by atoms with van der Waals surface area (Å²) in [5, 5.41) is 28.7. The fourth-order valence-electron chi connectivity index (χ4n) is 1.19. The maximum atomic E-state index is 10.6. The lowest BCUT2D eigenvalue weighted by Crippen LogP contribution is -2.06. The number of nitro benzene ring substituents is 1. The molecule has 0 aliphatic heterocycles. The molecule has 1 aromatic rings. The summed E-state index contributed by atoms with van der Waals surface area (Å²) in [6.45, 7) is 1.57. The molecule has 3 N–H and O–H groups in total. The standard InChI is InChI=1S/C9H9N3O3/c1-5(11)7-2-6(4-10)3-8(9(7)13)12(14)15/h2-3,5,13H,11H2,1H3/t5-/m1/s1. The summed E-state index contributed by atoms with van der Waals surface area (Å²) in [4.78, 5) is 9.81. The van der Waals surface area contributed by atoms with Crippen molar-refractivity contribution in [2.24, 2.45) is 5.73 Å². The maximum Gasteiger partial charge on any atom is 0.312 e. The van der Waals surface area contributed by atoms with Crippen LogP contribution < -0.4 is 5.73 Å². The second-order valence-corrected chi connectivity index (χ2v) is 3.09. The Hall–Kier alpha value is -2.13. The summed E-state index contributed by atoms with van der Waals surface area (Å²) in [6.07, 6.45) is 0. The number of nitrogens with two attached hydrogens (primary N) is 1. The molecule has 1 aromatic carbocycles. The van der Waals surface area contributed by atoms with Crippen molar-refractivity contribution in [1.82, 2.24) is 0 Å². The molecular weight excluding hydrogens is 198 g/mol. The lowest BCUT2D eigenvalue weighted by molar-refractivity contribution is -0.386. The molecular formula is C9H9N3O3. The lowest BCUT2D eigenvalue weighted by Gasteiger charge is -2.08. The van der Waals surface area contributed by atoms with Gasteiger partial charge in [0.25, 0.3) is 0 Å². The molecule has 0 heterocycles. The molecule has 6 heteroatoms. The molecule has 0 amide bonds. The van der Waals surface area contributed by atoms with E-state index in [2.05, 4.69) is 0 Å². The van der Waals surface area contributed by atoms with Gasteiger partial charge in [-0.05, 0) is 13.0 Å². The minimum absolute atomic E-state index is 0.104. The molecule has 0 aliphatic rings. The van der Waals surface area contributed by atoms with Crippen molar-refractivity contribution >= 4 is 5.69 Å². The smallest absolute Gasteiger partial charge is 0.312 e. The zero-order valence-electron chi connectivity index (χ0n) is 7.97. The van der Waals surface area contributed by atoms with Crippen molar-refractivity contribution in [1.29, 1.82) is 5.26 Å². The molecule has 0 aliphatic carbocycles. The Morgan fingerprint density at radius 3 is 2.67 bits per heavy atom. The first-order valence-corrected chi connectivity index (χ1v) is 4.14. The topological polar surface area (TPSA) is 113 Å². The average molecular weight is 207 g/mol. The van der Waals surface area contributed by atoms with Crippen LogP contribution in [0.4, 0.5) is 5.69 Å². The van der Waals surface area contributed by atoms with Crippen LogP contribution in [0, 0.1) is 21.4 Å². The number of nitrogens with zero attached hydrogens (tertiary/aromatic N) is 2. The van der Waals surface area contributed by atoms with Crippen molar-refractivity contribution in [2.45, 2.75) is 13.0 Å². The normalized spacial score (nSPS) is 11.8. The van der Waals surface area contributed by atoms with E-state index in [0.717, 1.165) is 6.07 Å². The van der Waals surface area contributed by atoms with Crippen LogP contribution in [0.5, 0.6) is 5.75 Å². The molecule has 0 unspecified atom stereocenters. The minimum Gasteiger partial charge on any atom is -0.502 e. The van der Waals surface area contributed by atoms with Gasteiger partial charge < -0.3 is 10.8 Å². The number of phenolic OH excluding ortho intramolecular Hbond substituents is 1. The number of aromatic hydroxyl groups is 1. The first-order chi connectivity index (χ1) is 6.97. The first kappa shape index (κ1) is 10.9. The summed E-state index contributed by atoms with van der Waals surface area (Å²) in [7, 11) is 0. The number of hydrogen-bond donors (Lipinski definition) is 2. The van der Waals surface area contributed by atoms with Crippen LogP contribution >= 0.6 is 0 Å². The van der Waals surface area contributed by atoms with Crippen LogP contribution in [0.25, 0.3) is 0 Å². The van der Waals surface area contributed by atoms with Crippen molar-refractivity contribution in [2.75, 3.05) is 0 Å². The van der Waals surface area contributed by atoms with Gasteiger partial charge in [-0.3, -0.25) is 10.1 Å². The number of benzene rings is 1. The van der Waals surface area contributed by atoms with Crippen molar-refractivity contribution in [3.8, 4) is 11.8 Å². The zero-order valence-corrected chi connectivity index (χ0v) is 7.97. The van der Waals surface area contributed by atoms with Gasteiger partial charge in [-0.2, -0.15) is 5.26 Å². The third-order valence-electron chi connectivity index (χ3n) is 1.94. The Morgan fingerprint density at radius 1 is 1.67 bits per heavy atom. The molecule has 0 radical (unpaired) electrons. The predicted octanol–water partition coefficient (Wildman–Crippen LogP) is 1.19. The van der Waals surface area contributed by atoms with E-state index in [4.69, 9.17) is 11.0 Å². The van der Waals surface area contributed by atoms with Crippen LogP contribution in [-0.2, 0) is 0 Å². The first-order valence-electron chi connectivity index (χ1n) is 4.14. The Kier molecular flexibility index (Phi) is 2.87. The fourth-order valence-corrected chi connectivity index (χ4v) is 1.19. The van der Waals surface area contributed by atoms with Crippen molar-refractivity contribution < 1.29 is 10.0 Å². The quantitative estimate of drug-likeness (QED) is 0.558. The molecule has 0 bridgehead atoms. The Morgan fingerprint density at radius 2 is 2.27 bits per heavy atom. The molecule has 6 nitrogen and oxygen atoms in total. The van der Waals surface area contributed by atoms with Gasteiger partial charge in [0.05, 0.1) is 16.6 Å². The average Bonchev–Trinajstić information content (AvgIpc) is 2.17. The number of phenols is 1. The van der Waals surface area contributed by atoms with Gasteiger partial charge in [-0.15, -0.1) is 0 Å². The van der Waals surface area contributed by atoms with Crippen molar-refractivity contribution in [3.63, 3.8) is 0 Å². The predicted molar refractivity (Wildman–Crippen MR) is 52.1 cm³/mol. The molecule has 1 rings (SSSR count). The van der Waals surface area contributed by atoms with Gasteiger partial charge in [-0.1, -0.05) is 0 Å². The second-order valence-electron chi connectivity index (χ2n) is 3.09. The Labute approximate surface area is 85.7 Å². The lowest BCUT2D eigenvalue weighted by atomic mass is 10.0. The number of nitriles is 1. The Bertz CT molecular complexity index is 449. The molecule has 0 aromatic heterocycles. The molecule has 0 saturated carbocycles. The van der Waals surface area contributed by atoms with Gasteiger partial charge in [-0.25, -0.2) is 0 Å². The van der Waals surface area contributed by atoms with Gasteiger partial charge in [0.1, 0.15) is 0 Å². The van der Waals surface area contributed by atoms with Crippen molar-refractivity contribution in [3.05, 3.63) is 33.4 Å². The highest BCUT2D eigenvalue weighted by atomic mass is 16.6. The highest BCUT2D eigenvalue weighted by Crippen LogP contribution is 2.33. The van der Waals surface area contributed by atoms with E-state index < -0.39 is 22.4 Å². The van der Waals surface area contributed by atoms with Gasteiger partial charge in [0.2, 0.25) is 0 Å². The van der Waals surface area contributed by atoms with Gasteiger partial charge >= 0.3 is 5.69 Å². The van der Waals surface area contributed by atoms with E-state index in [-0.39, 0.29) is 11.1 Å². The van der Waals surface area contributed by atoms with Gasteiger partial charge in [0, 0.05) is 17.7 Å². The van der Waals surface area contributed by atoms with Crippen LogP contribution in [0.2, 0.25) is 0 Å². The van der Waals surface area contributed by atoms with Crippen LogP contribution in [-0.4, -0.2) is 10.0 Å². The van der Waals surface area contributed by atoms with Gasteiger partial charge in [0.15, 0.2) is 5.75 Å². The van der Waals surface area contributed by atoms with E-state index in [1.807, 2.05) is 0 Å². The van der Waals surface area contributed by atoms with E-state index in [1.54, 1.807) is 13.0 Å². The second kappa shape index (κ2) is 3.94. The molecule has 0 saturated heterocycles. The summed E-state index contributed by atoms with van der Waals surface area (Å²) in [5.74, 6) is -0.478. The minimum atomic E-state index is -0.748. The molecule has 78 valence electrons. The summed E-state index contributed by atoms with van der Waals surface area (Å²) in [6, 6.07) is 3.56. The highest BCUT2D eigenvalue weighted by Gasteiger charge is 2.20. The molecule has 0 fully saturated rings. The monoisotopic (exact) mass is 207 g/mol. The van der Waals surface area contributed by atoms with E-state index in [1.165, 1.54) is 6.07 Å². The maximum absolute atomic E-state index is 10.6. The largest absolute Gasteiger partial charge is 0.502 e. The highest BCUT2D eigenvalue weighted by molar-refractivity contribution is 5.56. The molecule has 0 spiro atoms. The number of nitro groups is 1. The Balaban J connectivity index is 3.49. The number of rotatable bonds is 2. The SMILES string of the molecule is C[C@@H](N)c1cc(C#N)cc([N+](=O)[O-])c1O. The summed E-state index contributed by atoms with van der Waals surface area (Å²) >= 11 is 0. The fraction of sp³-hybridized carbons (Fsp3) is 0.222. The zero-order chi connectivity index (χ0) is 11.6. The van der Waals surface area contributed by atoms with E-state index in [9.17, 15) is 15.2 Å². The van der Waals surface area contributed by atoms with E-state index >= 15 is 0 Å². The molecule has 15 heavy (non-hydrogen) atoms. The summed E-state index contributed by atoms with van der Waals surface area (Å²) < 4.78 is 0. The van der Waals surface area contributed by atoms with Crippen LogP contribution in [0.15, 0.2) is 12.1 Å². The van der Waals surface area contributed by atoms with Crippen LogP contribution in [0.1, 0.15) is 24.1 Å².